The summed E-state index contributed by atoms with van der Waals surface area (Å²) in [5.74, 6) is 0. The summed E-state index contributed by atoms with van der Waals surface area (Å²) in [6.45, 7) is 3.67. The van der Waals surface area contributed by atoms with Crippen LogP contribution < -0.4 is 11.1 Å². The Morgan fingerprint density at radius 3 is 2.56 bits per heavy atom. The summed E-state index contributed by atoms with van der Waals surface area (Å²) >= 11 is 0. The lowest BCUT2D eigenvalue weighted by molar-refractivity contribution is 0.190. The minimum atomic E-state index is 0.449. The van der Waals surface area contributed by atoms with Gasteiger partial charge in [-0.1, -0.05) is 32.6 Å². The molecule has 16 heavy (non-hydrogen) atoms. The van der Waals surface area contributed by atoms with E-state index in [1.54, 1.807) is 0 Å². The van der Waals surface area contributed by atoms with E-state index >= 15 is 0 Å². The van der Waals surface area contributed by atoms with Gasteiger partial charge in [-0.3, -0.25) is 0 Å². The highest BCUT2D eigenvalue weighted by molar-refractivity contribution is 4.85. The van der Waals surface area contributed by atoms with Crippen molar-refractivity contribution in [3.8, 4) is 0 Å². The summed E-state index contributed by atoms with van der Waals surface area (Å²) in [6, 6.07) is 1.15. The van der Waals surface area contributed by atoms with Crippen LogP contribution in [0.25, 0.3) is 0 Å². The fourth-order valence-corrected chi connectivity index (χ4v) is 3.39. The van der Waals surface area contributed by atoms with Gasteiger partial charge in [-0.25, -0.2) is 0 Å². The molecule has 2 rings (SSSR count). The smallest absolute Gasteiger partial charge is 0.00820 e. The molecule has 2 atom stereocenters. The van der Waals surface area contributed by atoms with Gasteiger partial charge in [-0.15, -0.1) is 0 Å². The van der Waals surface area contributed by atoms with E-state index < -0.39 is 0 Å². The lowest BCUT2D eigenvalue weighted by Crippen LogP contribution is -2.44. The average molecular weight is 224 g/mol. The Bertz CT molecular complexity index is 209. The monoisotopic (exact) mass is 224 g/mol. The summed E-state index contributed by atoms with van der Waals surface area (Å²) in [6.07, 6.45) is 12.2. The molecule has 3 N–H and O–H groups in total. The second-order valence-corrected chi connectivity index (χ2v) is 6.38. The summed E-state index contributed by atoms with van der Waals surface area (Å²) < 4.78 is 0. The summed E-state index contributed by atoms with van der Waals surface area (Å²) in [4.78, 5) is 0. The topological polar surface area (TPSA) is 38.0 Å². The molecule has 0 aromatic rings. The third kappa shape index (κ3) is 3.46. The van der Waals surface area contributed by atoms with Gasteiger partial charge in [-0.05, 0) is 37.5 Å². The zero-order valence-electron chi connectivity index (χ0n) is 10.8. The van der Waals surface area contributed by atoms with E-state index in [0.717, 1.165) is 0 Å². The SMILES string of the molecule is CC1(CNC2CCCC(N)C2)CCCCC1. The van der Waals surface area contributed by atoms with Crippen LogP contribution in [-0.4, -0.2) is 18.6 Å². The first-order valence-electron chi connectivity index (χ1n) is 7.17. The Morgan fingerprint density at radius 1 is 1.12 bits per heavy atom. The van der Waals surface area contributed by atoms with Gasteiger partial charge in [0.1, 0.15) is 0 Å². The maximum Gasteiger partial charge on any atom is 0.00820 e. The molecule has 0 saturated heterocycles. The summed E-state index contributed by atoms with van der Waals surface area (Å²) in [5.41, 5.74) is 6.60. The van der Waals surface area contributed by atoms with E-state index in [-0.39, 0.29) is 0 Å². The Labute approximate surface area is 100 Å². The fraction of sp³-hybridized carbons (Fsp3) is 1.00. The van der Waals surface area contributed by atoms with Crippen molar-refractivity contribution in [2.45, 2.75) is 76.8 Å². The van der Waals surface area contributed by atoms with Crippen LogP contribution in [0.5, 0.6) is 0 Å². The molecule has 2 saturated carbocycles. The van der Waals surface area contributed by atoms with Crippen LogP contribution >= 0.6 is 0 Å². The Morgan fingerprint density at radius 2 is 1.88 bits per heavy atom. The van der Waals surface area contributed by atoms with Crippen LogP contribution in [0, 0.1) is 5.41 Å². The standard InChI is InChI=1S/C14H28N2/c1-14(8-3-2-4-9-14)11-16-13-7-5-6-12(15)10-13/h12-13,16H,2-11,15H2,1H3. The second kappa shape index (κ2) is 5.50. The van der Waals surface area contributed by atoms with E-state index in [2.05, 4.69) is 12.2 Å². The molecule has 2 unspecified atom stereocenters. The molecule has 0 spiro atoms. The van der Waals surface area contributed by atoms with Crippen molar-refractivity contribution in [3.05, 3.63) is 0 Å². The number of hydrogen-bond acceptors (Lipinski definition) is 2. The molecule has 2 nitrogen and oxygen atoms in total. The van der Waals surface area contributed by atoms with Gasteiger partial charge in [0.05, 0.1) is 0 Å². The van der Waals surface area contributed by atoms with Gasteiger partial charge >= 0.3 is 0 Å². The molecule has 0 heterocycles. The third-order valence-corrected chi connectivity index (χ3v) is 4.59. The highest BCUT2D eigenvalue weighted by Crippen LogP contribution is 2.35. The Balaban J connectivity index is 1.73. The van der Waals surface area contributed by atoms with Gasteiger partial charge in [-0.2, -0.15) is 0 Å². The molecule has 2 heteroatoms. The maximum absolute atomic E-state index is 6.03. The van der Waals surface area contributed by atoms with Crippen LogP contribution in [0.1, 0.15) is 64.7 Å². The highest BCUT2D eigenvalue weighted by atomic mass is 14.9. The largest absolute Gasteiger partial charge is 0.328 e. The lowest BCUT2D eigenvalue weighted by Gasteiger charge is -2.36. The van der Waals surface area contributed by atoms with Gasteiger partial charge in [0.15, 0.2) is 0 Å². The minimum absolute atomic E-state index is 0.449. The molecule has 0 aromatic heterocycles. The normalized spacial score (nSPS) is 34.9. The number of rotatable bonds is 3. The Hall–Kier alpha value is -0.0800. The van der Waals surface area contributed by atoms with Gasteiger partial charge in [0.25, 0.3) is 0 Å². The summed E-state index contributed by atoms with van der Waals surface area (Å²) in [5, 5.41) is 3.78. The molecule has 2 aliphatic carbocycles. The Kier molecular flexibility index (Phi) is 4.26. The predicted molar refractivity (Wildman–Crippen MR) is 69.4 cm³/mol. The van der Waals surface area contributed by atoms with Crippen LogP contribution in [-0.2, 0) is 0 Å². The van der Waals surface area contributed by atoms with Crippen LogP contribution in [0.3, 0.4) is 0 Å². The summed E-state index contributed by atoms with van der Waals surface area (Å²) in [7, 11) is 0. The molecule has 94 valence electrons. The number of nitrogens with two attached hydrogens (primary N) is 1. The zero-order valence-corrected chi connectivity index (χ0v) is 10.8. The highest BCUT2D eigenvalue weighted by Gasteiger charge is 2.28. The molecule has 0 aliphatic heterocycles. The number of hydrogen-bond donors (Lipinski definition) is 2. The van der Waals surface area contributed by atoms with Crippen LogP contribution in [0.2, 0.25) is 0 Å². The van der Waals surface area contributed by atoms with Crippen molar-refractivity contribution < 1.29 is 0 Å². The molecule has 0 bridgehead atoms. The van der Waals surface area contributed by atoms with E-state index in [9.17, 15) is 0 Å². The molecule has 0 amide bonds. The van der Waals surface area contributed by atoms with Crippen molar-refractivity contribution in [3.63, 3.8) is 0 Å². The van der Waals surface area contributed by atoms with E-state index in [0.29, 0.717) is 17.5 Å². The molecular weight excluding hydrogens is 196 g/mol. The molecule has 2 aliphatic rings. The lowest BCUT2D eigenvalue weighted by atomic mass is 9.75. The maximum atomic E-state index is 6.03. The van der Waals surface area contributed by atoms with Crippen molar-refractivity contribution in [1.82, 2.24) is 5.32 Å². The first-order valence-corrected chi connectivity index (χ1v) is 7.17. The molecular formula is C14H28N2. The number of nitrogens with one attached hydrogen (secondary N) is 1. The van der Waals surface area contributed by atoms with Crippen LogP contribution in [0.4, 0.5) is 0 Å². The van der Waals surface area contributed by atoms with Gasteiger partial charge in [0, 0.05) is 18.6 Å². The van der Waals surface area contributed by atoms with Gasteiger partial charge < -0.3 is 11.1 Å². The van der Waals surface area contributed by atoms with Crippen molar-refractivity contribution in [2.24, 2.45) is 11.1 Å². The third-order valence-electron chi connectivity index (χ3n) is 4.59. The van der Waals surface area contributed by atoms with Crippen molar-refractivity contribution >= 4 is 0 Å². The van der Waals surface area contributed by atoms with Gasteiger partial charge in [0.2, 0.25) is 0 Å². The molecule has 0 aromatic carbocycles. The van der Waals surface area contributed by atoms with Crippen molar-refractivity contribution in [1.29, 1.82) is 0 Å². The first-order chi connectivity index (χ1) is 7.68. The quantitative estimate of drug-likeness (QED) is 0.773. The first kappa shape index (κ1) is 12.4. The molecule has 0 radical (unpaired) electrons. The van der Waals surface area contributed by atoms with E-state index in [1.165, 1.54) is 64.3 Å². The fourth-order valence-electron chi connectivity index (χ4n) is 3.39. The zero-order chi connectivity index (χ0) is 11.4. The minimum Gasteiger partial charge on any atom is -0.328 e. The average Bonchev–Trinajstić information content (AvgIpc) is 2.28. The van der Waals surface area contributed by atoms with Crippen LogP contribution in [0.15, 0.2) is 0 Å². The van der Waals surface area contributed by atoms with E-state index in [1.807, 2.05) is 0 Å². The van der Waals surface area contributed by atoms with E-state index in [4.69, 9.17) is 5.73 Å². The second-order valence-electron chi connectivity index (χ2n) is 6.38. The molecule has 2 fully saturated rings. The predicted octanol–water partition coefficient (Wildman–Crippen LogP) is 2.82. The van der Waals surface area contributed by atoms with Crippen molar-refractivity contribution in [2.75, 3.05) is 6.54 Å².